The Balaban J connectivity index is 2.75. The van der Waals surface area contributed by atoms with Gasteiger partial charge in [0.25, 0.3) is 0 Å². The molecule has 0 unspecified atom stereocenters. The molecule has 17 heavy (non-hydrogen) atoms. The Bertz CT molecular complexity index is 356. The van der Waals surface area contributed by atoms with Crippen LogP contribution in [0.25, 0.3) is 0 Å². The maximum Gasteiger partial charge on any atom is 0.126 e. The van der Waals surface area contributed by atoms with E-state index in [1.165, 1.54) is 5.56 Å². The molecular weight excluding hydrogens is 282 g/mol. The lowest BCUT2D eigenvalue weighted by Crippen LogP contribution is -2.07. The van der Waals surface area contributed by atoms with Crippen LogP contribution in [0.5, 0.6) is 11.5 Å². The summed E-state index contributed by atoms with van der Waals surface area (Å²) in [5.74, 6) is 1.70. The maximum atomic E-state index is 5.40. The van der Waals surface area contributed by atoms with Crippen LogP contribution in [0.1, 0.15) is 18.4 Å². The van der Waals surface area contributed by atoms with Gasteiger partial charge >= 0.3 is 0 Å². The van der Waals surface area contributed by atoms with Gasteiger partial charge in [0.2, 0.25) is 0 Å². The zero-order valence-corrected chi connectivity index (χ0v) is 12.3. The second-order valence-corrected chi connectivity index (χ2v) is 4.71. The Morgan fingerprint density at radius 2 is 1.94 bits per heavy atom. The number of unbranched alkanes of at least 4 members (excludes halogenated alkanes) is 1. The Morgan fingerprint density at radius 1 is 1.18 bits per heavy atom. The van der Waals surface area contributed by atoms with E-state index in [0.717, 1.165) is 41.8 Å². The standard InChI is InChI=1S/C13H20BrNO2/c1-15-7-5-4-6-11-12(14)8-10(16-2)9-13(11)17-3/h8-9,15H,4-7H2,1-3H3. The van der Waals surface area contributed by atoms with Gasteiger partial charge in [0.15, 0.2) is 0 Å². The highest BCUT2D eigenvalue weighted by atomic mass is 79.9. The van der Waals surface area contributed by atoms with Gasteiger partial charge in [-0.2, -0.15) is 0 Å². The summed E-state index contributed by atoms with van der Waals surface area (Å²) in [6.07, 6.45) is 3.32. The Kier molecular flexibility index (Phi) is 6.37. The van der Waals surface area contributed by atoms with E-state index < -0.39 is 0 Å². The van der Waals surface area contributed by atoms with Gasteiger partial charge < -0.3 is 14.8 Å². The molecule has 0 radical (unpaired) electrons. The van der Waals surface area contributed by atoms with Crippen LogP contribution >= 0.6 is 15.9 Å². The largest absolute Gasteiger partial charge is 0.497 e. The van der Waals surface area contributed by atoms with Crippen LogP contribution in [0.3, 0.4) is 0 Å². The molecule has 1 aromatic rings. The molecular formula is C13H20BrNO2. The lowest BCUT2D eigenvalue weighted by Gasteiger charge is -2.12. The molecule has 0 amide bonds. The van der Waals surface area contributed by atoms with E-state index in [2.05, 4.69) is 21.2 Å². The van der Waals surface area contributed by atoms with Gasteiger partial charge in [0.1, 0.15) is 11.5 Å². The van der Waals surface area contributed by atoms with Crippen LogP contribution in [-0.4, -0.2) is 27.8 Å². The minimum Gasteiger partial charge on any atom is -0.497 e. The molecule has 0 aliphatic carbocycles. The molecule has 0 fully saturated rings. The fourth-order valence-electron chi connectivity index (χ4n) is 1.73. The minimum absolute atomic E-state index is 0.813. The Labute approximate surface area is 112 Å². The molecule has 3 nitrogen and oxygen atoms in total. The second kappa shape index (κ2) is 7.56. The second-order valence-electron chi connectivity index (χ2n) is 3.85. The van der Waals surface area contributed by atoms with E-state index in [9.17, 15) is 0 Å². The van der Waals surface area contributed by atoms with E-state index in [-0.39, 0.29) is 0 Å². The third kappa shape index (κ3) is 4.21. The number of hydrogen-bond acceptors (Lipinski definition) is 3. The van der Waals surface area contributed by atoms with Crippen molar-refractivity contribution in [2.45, 2.75) is 19.3 Å². The zero-order valence-electron chi connectivity index (χ0n) is 10.7. The van der Waals surface area contributed by atoms with Crippen LogP contribution in [0.2, 0.25) is 0 Å². The number of halogens is 1. The van der Waals surface area contributed by atoms with Crippen molar-refractivity contribution in [3.63, 3.8) is 0 Å². The van der Waals surface area contributed by atoms with Crippen molar-refractivity contribution in [3.05, 3.63) is 22.2 Å². The summed E-state index contributed by atoms with van der Waals surface area (Å²) in [4.78, 5) is 0. The van der Waals surface area contributed by atoms with Crippen molar-refractivity contribution in [1.82, 2.24) is 5.32 Å². The molecule has 1 N–H and O–H groups in total. The van der Waals surface area contributed by atoms with Crippen molar-refractivity contribution in [2.75, 3.05) is 27.8 Å². The van der Waals surface area contributed by atoms with Crippen molar-refractivity contribution in [3.8, 4) is 11.5 Å². The monoisotopic (exact) mass is 301 g/mol. The van der Waals surface area contributed by atoms with Gasteiger partial charge in [-0.05, 0) is 38.9 Å². The van der Waals surface area contributed by atoms with Crippen LogP contribution in [0.15, 0.2) is 16.6 Å². The van der Waals surface area contributed by atoms with Crippen molar-refractivity contribution in [2.24, 2.45) is 0 Å². The number of hydrogen-bond donors (Lipinski definition) is 1. The topological polar surface area (TPSA) is 30.5 Å². The summed E-state index contributed by atoms with van der Waals surface area (Å²) >= 11 is 3.57. The summed E-state index contributed by atoms with van der Waals surface area (Å²) in [6, 6.07) is 3.91. The highest BCUT2D eigenvalue weighted by Crippen LogP contribution is 2.33. The molecule has 0 spiro atoms. The third-order valence-electron chi connectivity index (χ3n) is 2.69. The fraction of sp³-hybridized carbons (Fsp3) is 0.538. The Hall–Kier alpha value is -0.740. The van der Waals surface area contributed by atoms with Gasteiger partial charge in [0, 0.05) is 16.1 Å². The third-order valence-corrected chi connectivity index (χ3v) is 3.39. The molecule has 0 saturated heterocycles. The molecule has 1 rings (SSSR count). The molecule has 0 saturated carbocycles. The number of rotatable bonds is 7. The molecule has 0 aliphatic rings. The van der Waals surface area contributed by atoms with Crippen LogP contribution in [-0.2, 0) is 6.42 Å². The molecule has 1 aromatic carbocycles. The van der Waals surface area contributed by atoms with Crippen LogP contribution in [0, 0.1) is 0 Å². The average Bonchev–Trinajstić information content (AvgIpc) is 2.35. The van der Waals surface area contributed by atoms with E-state index >= 15 is 0 Å². The summed E-state index contributed by atoms with van der Waals surface area (Å²) in [7, 11) is 5.33. The smallest absolute Gasteiger partial charge is 0.126 e. The van der Waals surface area contributed by atoms with Crippen LogP contribution < -0.4 is 14.8 Å². The number of benzene rings is 1. The first-order chi connectivity index (χ1) is 8.22. The summed E-state index contributed by atoms with van der Waals surface area (Å²) in [5.41, 5.74) is 1.21. The summed E-state index contributed by atoms with van der Waals surface area (Å²) in [6.45, 7) is 1.05. The number of methoxy groups -OCH3 is 2. The van der Waals surface area contributed by atoms with Gasteiger partial charge in [-0.25, -0.2) is 0 Å². The molecule has 0 heterocycles. The van der Waals surface area contributed by atoms with E-state index in [0.29, 0.717) is 0 Å². The summed E-state index contributed by atoms with van der Waals surface area (Å²) in [5, 5.41) is 3.15. The molecule has 0 atom stereocenters. The zero-order chi connectivity index (χ0) is 12.7. The normalized spacial score (nSPS) is 10.4. The first-order valence-electron chi connectivity index (χ1n) is 5.78. The SMILES string of the molecule is CNCCCCc1c(Br)cc(OC)cc1OC. The average molecular weight is 302 g/mol. The highest BCUT2D eigenvalue weighted by Gasteiger charge is 2.10. The molecule has 0 aliphatic heterocycles. The van der Waals surface area contributed by atoms with Crippen LogP contribution in [0.4, 0.5) is 0 Å². The lowest BCUT2D eigenvalue weighted by molar-refractivity contribution is 0.390. The van der Waals surface area contributed by atoms with Gasteiger partial charge in [-0.1, -0.05) is 15.9 Å². The van der Waals surface area contributed by atoms with Gasteiger partial charge in [-0.15, -0.1) is 0 Å². The molecule has 0 aromatic heterocycles. The first-order valence-corrected chi connectivity index (χ1v) is 6.57. The maximum absolute atomic E-state index is 5.40. The predicted molar refractivity (Wildman–Crippen MR) is 74.1 cm³/mol. The number of ether oxygens (including phenoxy) is 2. The van der Waals surface area contributed by atoms with Gasteiger partial charge in [0.05, 0.1) is 14.2 Å². The predicted octanol–water partition coefficient (Wildman–Crippen LogP) is 3.01. The lowest BCUT2D eigenvalue weighted by atomic mass is 10.1. The number of nitrogens with one attached hydrogen (secondary N) is 1. The molecule has 0 bridgehead atoms. The fourth-order valence-corrected chi connectivity index (χ4v) is 2.35. The van der Waals surface area contributed by atoms with E-state index in [4.69, 9.17) is 9.47 Å². The van der Waals surface area contributed by atoms with Crippen molar-refractivity contribution >= 4 is 15.9 Å². The highest BCUT2D eigenvalue weighted by molar-refractivity contribution is 9.10. The van der Waals surface area contributed by atoms with E-state index in [1.807, 2.05) is 19.2 Å². The van der Waals surface area contributed by atoms with Crippen molar-refractivity contribution in [1.29, 1.82) is 0 Å². The molecule has 4 heteroatoms. The first kappa shape index (κ1) is 14.3. The van der Waals surface area contributed by atoms with E-state index in [1.54, 1.807) is 14.2 Å². The molecule has 96 valence electrons. The summed E-state index contributed by atoms with van der Waals surface area (Å²) < 4.78 is 11.7. The minimum atomic E-state index is 0.813. The van der Waals surface area contributed by atoms with Crippen molar-refractivity contribution < 1.29 is 9.47 Å². The quantitative estimate of drug-likeness (QED) is 0.785. The Morgan fingerprint density at radius 3 is 2.53 bits per heavy atom. The van der Waals surface area contributed by atoms with Gasteiger partial charge in [-0.3, -0.25) is 0 Å².